The maximum Gasteiger partial charge on any atom is 0.130 e. The third kappa shape index (κ3) is 2.48. The van der Waals surface area contributed by atoms with Crippen molar-refractivity contribution in [3.8, 4) is 0 Å². The van der Waals surface area contributed by atoms with Gasteiger partial charge in [-0.25, -0.2) is 4.98 Å². The number of benzene rings is 1. The monoisotopic (exact) mass is 303 g/mol. The molecule has 1 aromatic carbocycles. The van der Waals surface area contributed by atoms with Crippen LogP contribution in [0.4, 0.5) is 17.2 Å². The molecule has 92 valence electrons. The lowest BCUT2D eigenvalue weighted by atomic mass is 10.0. The number of nitrogens with zero attached hydrogens (tertiary/aromatic N) is 1. The predicted octanol–water partition coefficient (Wildman–Crippen LogP) is 3.95. The van der Waals surface area contributed by atoms with Gasteiger partial charge in [-0.2, -0.15) is 0 Å². The van der Waals surface area contributed by atoms with Crippen molar-refractivity contribution in [3.63, 3.8) is 0 Å². The summed E-state index contributed by atoms with van der Waals surface area (Å²) in [4.78, 5) is 4.31. The summed E-state index contributed by atoms with van der Waals surface area (Å²) in [5.41, 5.74) is 3.73. The molecule has 0 amide bonds. The van der Waals surface area contributed by atoms with Crippen LogP contribution in [0.5, 0.6) is 0 Å². The molecular formula is C14H14BrN3. The van der Waals surface area contributed by atoms with Crippen LogP contribution in [-0.2, 0) is 6.42 Å². The molecule has 2 N–H and O–H groups in total. The summed E-state index contributed by atoms with van der Waals surface area (Å²) in [5.74, 6) is 0.863. The van der Waals surface area contributed by atoms with Crippen molar-refractivity contribution in [2.45, 2.75) is 12.8 Å². The average molecular weight is 304 g/mol. The Morgan fingerprint density at radius 3 is 3.00 bits per heavy atom. The van der Waals surface area contributed by atoms with Crippen LogP contribution in [0.25, 0.3) is 0 Å². The van der Waals surface area contributed by atoms with Crippen molar-refractivity contribution in [2.75, 3.05) is 17.2 Å². The minimum absolute atomic E-state index is 0.863. The number of anilines is 3. The lowest BCUT2D eigenvalue weighted by Gasteiger charge is -2.18. The van der Waals surface area contributed by atoms with Gasteiger partial charge in [-0.3, -0.25) is 0 Å². The largest absolute Gasteiger partial charge is 0.385 e. The highest BCUT2D eigenvalue weighted by atomic mass is 79.9. The highest BCUT2D eigenvalue weighted by molar-refractivity contribution is 9.10. The average Bonchev–Trinajstić information content (AvgIpc) is 2.41. The topological polar surface area (TPSA) is 37.0 Å². The number of nitrogens with one attached hydrogen (secondary N) is 2. The molecule has 18 heavy (non-hydrogen) atoms. The van der Waals surface area contributed by atoms with Crippen molar-refractivity contribution >= 4 is 33.1 Å². The van der Waals surface area contributed by atoms with Gasteiger partial charge in [0.1, 0.15) is 5.82 Å². The summed E-state index contributed by atoms with van der Waals surface area (Å²) in [7, 11) is 0. The van der Waals surface area contributed by atoms with Gasteiger partial charge in [-0.1, -0.05) is 0 Å². The SMILES string of the molecule is Brc1ccc(Nc2ccc3c(c2)CCCN3)nc1. The van der Waals surface area contributed by atoms with Crippen molar-refractivity contribution in [2.24, 2.45) is 0 Å². The number of fused-ring (bicyclic) bond motifs is 1. The zero-order valence-electron chi connectivity index (χ0n) is 9.91. The molecule has 0 atom stereocenters. The number of halogens is 1. The quantitative estimate of drug-likeness (QED) is 0.882. The Morgan fingerprint density at radius 2 is 2.17 bits per heavy atom. The van der Waals surface area contributed by atoms with E-state index in [1.165, 1.54) is 17.7 Å². The van der Waals surface area contributed by atoms with Gasteiger partial charge in [0, 0.05) is 28.6 Å². The maximum atomic E-state index is 4.31. The minimum Gasteiger partial charge on any atom is -0.385 e. The summed E-state index contributed by atoms with van der Waals surface area (Å²) in [6.07, 6.45) is 4.14. The Hall–Kier alpha value is -1.55. The Kier molecular flexibility index (Phi) is 3.19. The van der Waals surface area contributed by atoms with Gasteiger partial charge < -0.3 is 10.6 Å². The molecule has 0 spiro atoms. The van der Waals surface area contributed by atoms with Crippen LogP contribution in [0, 0.1) is 0 Å². The summed E-state index contributed by atoms with van der Waals surface area (Å²) in [5, 5.41) is 6.73. The molecule has 1 aromatic heterocycles. The number of aromatic nitrogens is 1. The van der Waals surface area contributed by atoms with E-state index in [1.54, 1.807) is 6.20 Å². The third-order valence-corrected chi connectivity index (χ3v) is 3.51. The Balaban J connectivity index is 1.82. The molecule has 0 bridgehead atoms. The smallest absolute Gasteiger partial charge is 0.130 e. The lowest BCUT2D eigenvalue weighted by Crippen LogP contribution is -2.11. The fourth-order valence-electron chi connectivity index (χ4n) is 2.15. The molecule has 0 fully saturated rings. The van der Waals surface area contributed by atoms with Gasteiger partial charge in [0.15, 0.2) is 0 Å². The molecule has 0 saturated heterocycles. The van der Waals surface area contributed by atoms with Crippen molar-refractivity contribution in [1.82, 2.24) is 4.98 Å². The molecule has 0 radical (unpaired) electrons. The van der Waals surface area contributed by atoms with Crippen molar-refractivity contribution in [1.29, 1.82) is 0 Å². The first-order valence-corrected chi connectivity index (χ1v) is 6.86. The van der Waals surface area contributed by atoms with E-state index in [2.05, 4.69) is 49.7 Å². The highest BCUT2D eigenvalue weighted by Crippen LogP contribution is 2.26. The van der Waals surface area contributed by atoms with E-state index in [0.717, 1.165) is 28.9 Å². The minimum atomic E-state index is 0.863. The van der Waals surface area contributed by atoms with Crippen LogP contribution in [0.1, 0.15) is 12.0 Å². The second-order valence-corrected chi connectivity index (χ2v) is 5.30. The molecule has 1 aliphatic heterocycles. The van der Waals surface area contributed by atoms with Gasteiger partial charge >= 0.3 is 0 Å². The lowest BCUT2D eigenvalue weighted by molar-refractivity contribution is 0.830. The van der Waals surface area contributed by atoms with Crippen molar-refractivity contribution in [3.05, 3.63) is 46.6 Å². The Labute approximate surface area is 115 Å². The summed E-state index contributed by atoms with van der Waals surface area (Å²) < 4.78 is 0.989. The van der Waals surface area contributed by atoms with Gasteiger partial charge in [-0.05, 0) is 64.7 Å². The van der Waals surface area contributed by atoms with Crippen LogP contribution in [0.2, 0.25) is 0 Å². The number of pyridine rings is 1. The molecule has 3 nitrogen and oxygen atoms in total. The summed E-state index contributed by atoms with van der Waals surface area (Å²) in [6.45, 7) is 1.08. The van der Waals surface area contributed by atoms with Gasteiger partial charge in [0.25, 0.3) is 0 Å². The first kappa shape index (κ1) is 11.5. The number of hydrogen-bond donors (Lipinski definition) is 2. The van der Waals surface area contributed by atoms with Crippen LogP contribution in [0.15, 0.2) is 41.0 Å². The van der Waals surface area contributed by atoms with Crippen LogP contribution in [0.3, 0.4) is 0 Å². The normalized spacial score (nSPS) is 13.6. The molecule has 1 aliphatic rings. The zero-order chi connectivity index (χ0) is 12.4. The van der Waals surface area contributed by atoms with E-state index in [4.69, 9.17) is 0 Å². The van der Waals surface area contributed by atoms with Gasteiger partial charge in [0.05, 0.1) is 0 Å². The second kappa shape index (κ2) is 4.98. The fraction of sp³-hybridized carbons (Fsp3) is 0.214. The first-order chi connectivity index (χ1) is 8.81. The van der Waals surface area contributed by atoms with E-state index >= 15 is 0 Å². The Morgan fingerprint density at radius 1 is 1.22 bits per heavy atom. The van der Waals surface area contributed by atoms with E-state index < -0.39 is 0 Å². The molecular weight excluding hydrogens is 290 g/mol. The number of aryl methyl sites for hydroxylation is 1. The van der Waals surface area contributed by atoms with E-state index in [-0.39, 0.29) is 0 Å². The predicted molar refractivity (Wildman–Crippen MR) is 78.5 cm³/mol. The van der Waals surface area contributed by atoms with Gasteiger partial charge in [-0.15, -0.1) is 0 Å². The first-order valence-electron chi connectivity index (χ1n) is 6.07. The van der Waals surface area contributed by atoms with Gasteiger partial charge in [0.2, 0.25) is 0 Å². The maximum absolute atomic E-state index is 4.31. The van der Waals surface area contributed by atoms with Crippen LogP contribution in [-0.4, -0.2) is 11.5 Å². The molecule has 3 rings (SSSR count). The second-order valence-electron chi connectivity index (χ2n) is 4.39. The van der Waals surface area contributed by atoms with Crippen LogP contribution < -0.4 is 10.6 Å². The molecule has 0 saturated carbocycles. The summed E-state index contributed by atoms with van der Waals surface area (Å²) >= 11 is 3.38. The molecule has 2 aromatic rings. The van der Waals surface area contributed by atoms with E-state index in [1.807, 2.05) is 12.1 Å². The molecule has 2 heterocycles. The molecule has 0 aliphatic carbocycles. The molecule has 0 unspecified atom stereocenters. The van der Waals surface area contributed by atoms with Crippen molar-refractivity contribution < 1.29 is 0 Å². The fourth-order valence-corrected chi connectivity index (χ4v) is 2.38. The third-order valence-electron chi connectivity index (χ3n) is 3.04. The zero-order valence-corrected chi connectivity index (χ0v) is 11.5. The Bertz CT molecular complexity index is 551. The summed E-state index contributed by atoms with van der Waals surface area (Å²) in [6, 6.07) is 10.4. The van der Waals surface area contributed by atoms with E-state index in [0.29, 0.717) is 0 Å². The number of hydrogen-bond acceptors (Lipinski definition) is 3. The molecule has 4 heteroatoms. The number of rotatable bonds is 2. The highest BCUT2D eigenvalue weighted by Gasteiger charge is 2.08. The standard InChI is InChI=1S/C14H14BrN3/c15-11-3-6-14(17-9-11)18-12-4-5-13-10(8-12)2-1-7-16-13/h3-6,8-9,16H,1-2,7H2,(H,17,18). The van der Waals surface area contributed by atoms with E-state index in [9.17, 15) is 0 Å². The van der Waals surface area contributed by atoms with Crippen LogP contribution >= 0.6 is 15.9 Å².